The van der Waals surface area contributed by atoms with Gasteiger partial charge in [-0.05, 0) is 232 Å². The first-order valence-electron chi connectivity index (χ1n) is 35.3. The Bertz CT molecular complexity index is 3050. The molecular weight excluding hydrogens is 1220 g/mol. The molecule has 0 unspecified atom stereocenters. The third kappa shape index (κ3) is 24.6. The fourth-order valence-electron chi connectivity index (χ4n) is 12.3. The highest BCUT2D eigenvalue weighted by atomic mass is 32.1. The Morgan fingerprint density at radius 2 is 0.511 bits per heavy atom. The summed E-state index contributed by atoms with van der Waals surface area (Å²) in [5.41, 5.74) is 6.11. The molecule has 0 aliphatic heterocycles. The van der Waals surface area contributed by atoms with Gasteiger partial charge in [-0.1, -0.05) is 182 Å². The summed E-state index contributed by atoms with van der Waals surface area (Å²) in [6, 6.07) is 28.8. The zero-order chi connectivity index (χ0) is 61.1. The number of hydrogen-bond acceptors (Lipinski definition) is 8. The predicted octanol–water partition coefficient (Wildman–Crippen LogP) is 28.6. The standard InChI is InChI=1S/C80H106S8/c1-5-9-13-17-21-29-39-63-57-59-81-77(63)73-53-49-67(83-73)43-33-25-27-35-45-69-51-55-75(85-69)79-65(41-31-23-19-15-11-7-3)61-71(87-79)47-37-38-48-72-62-66(42-32-24-20-16-12-8-4)80(88-72)76-56-52-70(86-76)46-36-28-26-34-44-68-50-54-74(84-68)78-64(58-60-82-78)40-30-22-18-14-10-6-2/h49-62H,5-36,39-46H2,1-4H3. The molecule has 0 radical (unpaired) electrons. The van der Waals surface area contributed by atoms with Gasteiger partial charge in [0, 0.05) is 58.5 Å². The Morgan fingerprint density at radius 3 is 0.818 bits per heavy atom. The van der Waals surface area contributed by atoms with E-state index in [0.717, 1.165) is 22.6 Å². The molecule has 8 heteroatoms. The van der Waals surface area contributed by atoms with E-state index in [-0.39, 0.29) is 0 Å². The molecule has 88 heavy (non-hydrogen) atoms. The Balaban J connectivity index is 0.813. The highest BCUT2D eigenvalue weighted by molar-refractivity contribution is 7.24. The van der Waals surface area contributed by atoms with Crippen LogP contribution in [0.5, 0.6) is 0 Å². The van der Waals surface area contributed by atoms with Crippen molar-refractivity contribution in [3.63, 3.8) is 0 Å². The van der Waals surface area contributed by atoms with Gasteiger partial charge in [0.05, 0.1) is 9.75 Å². The summed E-state index contributed by atoms with van der Waals surface area (Å²) in [5.74, 6) is 13.8. The molecule has 0 bridgehead atoms. The smallest absolute Gasteiger partial charge is 0.0788 e. The Kier molecular flexibility index (Phi) is 33.7. The molecule has 8 rings (SSSR count). The van der Waals surface area contributed by atoms with E-state index < -0.39 is 0 Å². The van der Waals surface area contributed by atoms with Crippen LogP contribution in [0.4, 0.5) is 0 Å². The summed E-state index contributed by atoms with van der Waals surface area (Å²) in [4.78, 5) is 20.2. The van der Waals surface area contributed by atoms with E-state index >= 15 is 0 Å². The van der Waals surface area contributed by atoms with E-state index in [4.69, 9.17) is 0 Å². The molecule has 0 atom stereocenters. The molecule has 0 aromatic carbocycles. The second kappa shape index (κ2) is 42.0. The van der Waals surface area contributed by atoms with Crippen LogP contribution < -0.4 is 0 Å². The highest BCUT2D eigenvalue weighted by Gasteiger charge is 2.17. The van der Waals surface area contributed by atoms with Gasteiger partial charge in [-0.2, -0.15) is 0 Å². The SMILES string of the molecule is CCCCCCCCc1ccsc1-c1ccc(CCCCCCc2ccc(-c3sc(C#CC#Cc4cc(CCCCCCCC)c(-c5ccc(CCCCCCc6ccc(-c7sccc7CCCCCCCC)s6)s5)s4)cc3CCCCCCCC)s2)s1. The zero-order valence-electron chi connectivity index (χ0n) is 54.6. The minimum atomic E-state index is 1.13. The van der Waals surface area contributed by atoms with Crippen molar-refractivity contribution in [3.05, 3.63) is 135 Å². The number of unbranched alkanes of at least 4 members (excludes halogenated alkanes) is 26. The summed E-state index contributed by atoms with van der Waals surface area (Å²) >= 11 is 15.8. The van der Waals surface area contributed by atoms with Crippen molar-refractivity contribution < 1.29 is 0 Å². The summed E-state index contributed by atoms with van der Waals surface area (Å²) in [7, 11) is 0. The maximum atomic E-state index is 3.54. The largest absolute Gasteiger partial charge is 0.143 e. The van der Waals surface area contributed by atoms with Crippen molar-refractivity contribution in [3.8, 4) is 62.7 Å². The van der Waals surface area contributed by atoms with Crippen molar-refractivity contribution in [2.45, 2.75) is 285 Å². The van der Waals surface area contributed by atoms with Crippen molar-refractivity contribution >= 4 is 90.7 Å². The fraction of sp³-hybridized carbons (Fsp3) is 0.550. The first-order chi connectivity index (χ1) is 43.5. The van der Waals surface area contributed by atoms with Crippen LogP contribution in [0.25, 0.3) is 39.0 Å². The number of rotatable bonds is 46. The monoisotopic (exact) mass is 1320 g/mol. The predicted molar refractivity (Wildman–Crippen MR) is 404 cm³/mol. The molecule has 8 heterocycles. The maximum Gasteiger partial charge on any atom is 0.0788 e. The second-order valence-electron chi connectivity index (χ2n) is 24.9. The van der Waals surface area contributed by atoms with Crippen LogP contribution in [-0.2, 0) is 51.4 Å². The Hall–Kier alpha value is -3.28. The van der Waals surface area contributed by atoms with Gasteiger partial charge in [0.2, 0.25) is 0 Å². The lowest BCUT2D eigenvalue weighted by Gasteiger charge is -2.03. The molecule has 0 saturated carbocycles. The number of aryl methyl sites for hydroxylation is 8. The van der Waals surface area contributed by atoms with Crippen molar-refractivity contribution in [1.29, 1.82) is 0 Å². The highest BCUT2D eigenvalue weighted by Crippen LogP contribution is 2.42. The average Bonchev–Trinajstić information content (AvgIpc) is 4.48. The molecule has 8 aromatic heterocycles. The van der Waals surface area contributed by atoms with E-state index in [1.54, 1.807) is 20.9 Å². The molecule has 0 amide bonds. The van der Waals surface area contributed by atoms with Crippen LogP contribution in [0.2, 0.25) is 0 Å². The van der Waals surface area contributed by atoms with E-state index in [0.29, 0.717) is 0 Å². The van der Waals surface area contributed by atoms with Gasteiger partial charge in [-0.25, -0.2) is 0 Å². The summed E-state index contributed by atoms with van der Waals surface area (Å²) in [6.07, 6.45) is 52.1. The Labute approximate surface area is 567 Å². The van der Waals surface area contributed by atoms with E-state index in [1.807, 2.05) is 90.7 Å². The minimum Gasteiger partial charge on any atom is -0.143 e. The lowest BCUT2D eigenvalue weighted by Crippen LogP contribution is -1.86. The third-order valence-electron chi connectivity index (χ3n) is 17.5. The first-order valence-corrected chi connectivity index (χ1v) is 41.9. The Morgan fingerprint density at radius 1 is 0.250 bits per heavy atom. The maximum absolute atomic E-state index is 3.54. The lowest BCUT2D eigenvalue weighted by molar-refractivity contribution is 0.608. The lowest BCUT2D eigenvalue weighted by atomic mass is 10.0. The summed E-state index contributed by atoms with van der Waals surface area (Å²) in [5, 5.41) is 4.62. The van der Waals surface area contributed by atoms with Crippen LogP contribution in [0.3, 0.4) is 0 Å². The third-order valence-corrected chi connectivity index (χ3v) is 26.9. The minimum absolute atomic E-state index is 1.13. The van der Waals surface area contributed by atoms with Crippen molar-refractivity contribution in [2.75, 3.05) is 0 Å². The summed E-state index contributed by atoms with van der Waals surface area (Å²) in [6.45, 7) is 9.23. The van der Waals surface area contributed by atoms with Crippen LogP contribution >= 0.6 is 90.7 Å². The van der Waals surface area contributed by atoms with E-state index in [9.17, 15) is 0 Å². The van der Waals surface area contributed by atoms with Gasteiger partial charge in [0.15, 0.2) is 0 Å². The average molecular weight is 1320 g/mol. The van der Waals surface area contributed by atoms with Gasteiger partial charge < -0.3 is 0 Å². The molecule has 0 aliphatic rings. The van der Waals surface area contributed by atoms with Crippen molar-refractivity contribution in [1.82, 2.24) is 0 Å². The fourth-order valence-corrected chi connectivity index (χ4v) is 21.1. The second-order valence-corrected chi connectivity index (χ2v) is 33.6. The van der Waals surface area contributed by atoms with E-state index in [1.165, 1.54) is 304 Å². The molecule has 474 valence electrons. The van der Waals surface area contributed by atoms with Gasteiger partial charge in [-0.3, -0.25) is 0 Å². The number of thiophene rings is 8. The van der Waals surface area contributed by atoms with Crippen LogP contribution in [-0.4, -0.2) is 0 Å². The molecule has 8 aromatic rings. The quantitative estimate of drug-likeness (QED) is 0.0263. The molecular formula is C80H106S8. The molecule has 0 fully saturated rings. The molecule has 0 nitrogen and oxygen atoms in total. The van der Waals surface area contributed by atoms with E-state index in [2.05, 4.69) is 135 Å². The topological polar surface area (TPSA) is 0 Å². The van der Waals surface area contributed by atoms with Gasteiger partial charge >= 0.3 is 0 Å². The zero-order valence-corrected chi connectivity index (χ0v) is 61.2. The molecule has 0 aliphatic carbocycles. The molecule has 0 saturated heterocycles. The van der Waals surface area contributed by atoms with Crippen LogP contribution in [0.1, 0.15) is 285 Å². The molecule has 0 spiro atoms. The van der Waals surface area contributed by atoms with Crippen molar-refractivity contribution in [2.24, 2.45) is 0 Å². The van der Waals surface area contributed by atoms with Gasteiger partial charge in [0.25, 0.3) is 0 Å². The number of hydrogen-bond donors (Lipinski definition) is 0. The van der Waals surface area contributed by atoms with Gasteiger partial charge in [-0.15, -0.1) is 90.7 Å². The van der Waals surface area contributed by atoms with Gasteiger partial charge in [0.1, 0.15) is 0 Å². The molecule has 0 N–H and O–H groups in total. The van der Waals surface area contributed by atoms with Crippen LogP contribution in [0, 0.1) is 23.7 Å². The van der Waals surface area contributed by atoms with Crippen LogP contribution in [0.15, 0.2) is 83.6 Å². The first kappa shape index (κ1) is 70.6. The summed E-state index contributed by atoms with van der Waals surface area (Å²) < 4.78 is 0. The normalized spacial score (nSPS) is 11.5.